The highest BCUT2D eigenvalue weighted by atomic mass is 16.4. The predicted octanol–water partition coefficient (Wildman–Crippen LogP) is -0.242. The Kier molecular flexibility index (Phi) is 1.86. The van der Waals surface area contributed by atoms with Gasteiger partial charge in [-0.1, -0.05) is 0 Å². The van der Waals surface area contributed by atoms with Crippen LogP contribution in [0.15, 0.2) is 0 Å². The Morgan fingerprint density at radius 3 is 2.90 bits per heavy atom. The highest BCUT2D eigenvalue weighted by molar-refractivity contribution is 5.64. The third-order valence-corrected chi connectivity index (χ3v) is 1.75. The van der Waals surface area contributed by atoms with Crippen LogP contribution in [0.5, 0.6) is 0 Å². The van der Waals surface area contributed by atoms with Crippen LogP contribution in [0.4, 0.5) is 0 Å². The lowest BCUT2D eigenvalue weighted by Crippen LogP contribution is -2.21. The molecule has 4 heteroatoms. The molecule has 2 atom stereocenters. The van der Waals surface area contributed by atoms with Gasteiger partial charge in [0.2, 0.25) is 5.39 Å². The van der Waals surface area contributed by atoms with Gasteiger partial charge in [0.25, 0.3) is 0 Å². The summed E-state index contributed by atoms with van der Waals surface area (Å²) in [6.07, 6.45) is 1.48. The monoisotopic (exact) mass is 140 g/mol. The van der Waals surface area contributed by atoms with E-state index in [0.717, 1.165) is 6.42 Å². The molecule has 0 aromatic carbocycles. The van der Waals surface area contributed by atoms with E-state index in [1.165, 1.54) is 0 Å². The molecule has 0 aliphatic heterocycles. The summed E-state index contributed by atoms with van der Waals surface area (Å²) in [4.78, 5) is 13.0. The van der Waals surface area contributed by atoms with Crippen molar-refractivity contribution in [2.75, 3.05) is 0 Å². The lowest BCUT2D eigenvalue weighted by atomic mass is 10.2. The summed E-state index contributed by atoms with van der Waals surface area (Å²) in [5, 5.41) is 18.1. The van der Waals surface area contributed by atoms with E-state index >= 15 is 0 Å². The minimum atomic E-state index is -1.02. The zero-order valence-corrected chi connectivity index (χ0v) is 5.49. The number of hydrogen-bond donors (Lipinski definition) is 0. The summed E-state index contributed by atoms with van der Waals surface area (Å²) >= 11 is 0. The quantitative estimate of drug-likeness (QED) is 0.508. The van der Waals surface area contributed by atoms with Gasteiger partial charge in [0.1, 0.15) is 4.98 Å². The normalized spacial score (nSPS) is 29.1. The van der Waals surface area contributed by atoms with Crippen LogP contribution in [0.25, 0.3) is 4.98 Å². The van der Waals surface area contributed by atoms with Gasteiger partial charge in [-0.2, -0.15) is 0 Å². The Morgan fingerprint density at radius 1 is 1.80 bits per heavy atom. The molecule has 0 saturated heterocycles. The van der Waals surface area contributed by atoms with E-state index in [1.54, 1.807) is 0 Å². The predicted molar refractivity (Wildman–Crippen MR) is 31.2 cm³/mol. The van der Waals surface area contributed by atoms with Crippen molar-refractivity contribution in [2.45, 2.75) is 25.3 Å². The number of nitrogens with zero attached hydrogens (tertiary/aromatic N) is 2. The molecule has 0 bridgehead atoms. The topological polar surface area (TPSA) is 68.3 Å². The van der Waals surface area contributed by atoms with Gasteiger partial charge in [-0.05, 0) is 12.8 Å². The van der Waals surface area contributed by atoms with E-state index in [-0.39, 0.29) is 18.4 Å². The van der Waals surface area contributed by atoms with E-state index in [2.05, 4.69) is 4.98 Å². The third-order valence-electron chi connectivity index (χ3n) is 1.75. The van der Waals surface area contributed by atoms with Crippen molar-refractivity contribution in [3.63, 3.8) is 0 Å². The first kappa shape index (κ1) is 7.00. The molecule has 0 aromatic rings. The number of diazo groups is 1. The number of rotatable bonds is 3. The fourth-order valence-corrected chi connectivity index (χ4v) is 0.987. The maximum atomic E-state index is 9.92. The van der Waals surface area contributed by atoms with E-state index in [4.69, 9.17) is 5.39 Å². The number of aliphatic carboxylic acids is 1. The van der Waals surface area contributed by atoms with Crippen LogP contribution in [0.3, 0.4) is 0 Å². The van der Waals surface area contributed by atoms with E-state index in [9.17, 15) is 9.90 Å². The molecule has 1 saturated carbocycles. The van der Waals surface area contributed by atoms with E-state index in [0.29, 0.717) is 6.42 Å². The molecule has 0 aromatic heterocycles. The zero-order valence-electron chi connectivity index (χ0n) is 5.49. The molecule has 4 nitrogen and oxygen atoms in total. The molecular weight excluding hydrogens is 132 g/mol. The zero-order chi connectivity index (χ0) is 7.56. The SMILES string of the molecule is N#[N+]C1CC1CCC(=O)[O-]. The maximum absolute atomic E-state index is 9.92. The van der Waals surface area contributed by atoms with Crippen molar-refractivity contribution in [3.05, 3.63) is 4.98 Å². The summed E-state index contributed by atoms with van der Waals surface area (Å²) in [7, 11) is 0. The van der Waals surface area contributed by atoms with Gasteiger partial charge in [-0.25, -0.2) is 0 Å². The number of carboxylic acid groups (broad SMARTS) is 1. The Hall–Kier alpha value is -1.11. The summed E-state index contributed by atoms with van der Waals surface area (Å²) < 4.78 is 0. The molecule has 1 aliphatic rings. The molecule has 2 unspecified atom stereocenters. The Morgan fingerprint density at radius 2 is 2.50 bits per heavy atom. The third kappa shape index (κ3) is 1.69. The van der Waals surface area contributed by atoms with Gasteiger partial charge in [0, 0.05) is 12.4 Å². The molecule has 1 rings (SSSR count). The Balaban J connectivity index is 2.08. The van der Waals surface area contributed by atoms with Gasteiger partial charge in [-0.15, -0.1) is 0 Å². The number of hydrogen-bond acceptors (Lipinski definition) is 3. The van der Waals surface area contributed by atoms with Crippen LogP contribution in [-0.4, -0.2) is 12.0 Å². The lowest BCUT2D eigenvalue weighted by Gasteiger charge is -1.95. The largest absolute Gasteiger partial charge is 0.550 e. The summed E-state index contributed by atoms with van der Waals surface area (Å²) in [6, 6.07) is -0.000602. The number of carboxylic acids is 1. The van der Waals surface area contributed by atoms with Crippen LogP contribution in [0.1, 0.15) is 19.3 Å². The van der Waals surface area contributed by atoms with E-state index in [1.807, 2.05) is 0 Å². The first-order valence-corrected chi connectivity index (χ1v) is 3.28. The van der Waals surface area contributed by atoms with Gasteiger partial charge >= 0.3 is 6.04 Å². The van der Waals surface area contributed by atoms with Crippen molar-refractivity contribution >= 4 is 5.97 Å². The second-order valence-electron chi connectivity index (χ2n) is 2.59. The Labute approximate surface area is 58.5 Å². The molecule has 0 radical (unpaired) electrons. The molecule has 0 heterocycles. The highest BCUT2D eigenvalue weighted by Crippen LogP contribution is 2.37. The molecule has 1 aliphatic carbocycles. The van der Waals surface area contributed by atoms with Crippen LogP contribution in [-0.2, 0) is 4.79 Å². The highest BCUT2D eigenvalue weighted by Gasteiger charge is 2.48. The van der Waals surface area contributed by atoms with Gasteiger partial charge in [0.05, 0.1) is 5.92 Å². The molecule has 0 amide bonds. The first-order chi connectivity index (χ1) is 4.74. The standard InChI is InChI=1S/C6H8N2O2/c7-8-5-3-4(5)1-2-6(9)10/h4-5H,1-3H2. The van der Waals surface area contributed by atoms with Crippen LogP contribution in [0, 0.1) is 11.3 Å². The Bertz CT molecular complexity index is 185. The van der Waals surface area contributed by atoms with Gasteiger partial charge < -0.3 is 9.90 Å². The summed E-state index contributed by atoms with van der Waals surface area (Å²) in [5.41, 5.74) is 0. The van der Waals surface area contributed by atoms with Crippen LogP contribution < -0.4 is 5.11 Å². The van der Waals surface area contributed by atoms with Crippen molar-refractivity contribution in [1.29, 1.82) is 5.39 Å². The van der Waals surface area contributed by atoms with E-state index < -0.39 is 5.97 Å². The lowest BCUT2D eigenvalue weighted by molar-refractivity contribution is -0.305. The average molecular weight is 140 g/mol. The molecule has 54 valence electrons. The van der Waals surface area contributed by atoms with Crippen LogP contribution in [0.2, 0.25) is 0 Å². The minimum Gasteiger partial charge on any atom is -0.550 e. The fraction of sp³-hybridized carbons (Fsp3) is 0.833. The maximum Gasteiger partial charge on any atom is 0.317 e. The molecule has 0 N–H and O–H groups in total. The van der Waals surface area contributed by atoms with Gasteiger partial charge in [0.15, 0.2) is 0 Å². The fourth-order valence-electron chi connectivity index (χ4n) is 0.987. The first-order valence-electron chi connectivity index (χ1n) is 3.28. The van der Waals surface area contributed by atoms with Crippen molar-refractivity contribution in [2.24, 2.45) is 5.92 Å². The molecule has 10 heavy (non-hydrogen) atoms. The van der Waals surface area contributed by atoms with Crippen molar-refractivity contribution in [3.8, 4) is 0 Å². The average Bonchev–Trinajstić information content (AvgIpc) is 2.61. The van der Waals surface area contributed by atoms with Gasteiger partial charge in [-0.3, -0.25) is 0 Å². The molecule has 1 fully saturated rings. The summed E-state index contributed by atoms with van der Waals surface area (Å²) in [5.74, 6) is -0.744. The second kappa shape index (κ2) is 2.65. The number of carbonyl (C=O) groups is 1. The summed E-state index contributed by atoms with van der Waals surface area (Å²) in [6.45, 7) is 0. The molecular formula is C6H8N2O2. The number of carbonyl (C=O) groups excluding carboxylic acids is 1. The smallest absolute Gasteiger partial charge is 0.317 e. The van der Waals surface area contributed by atoms with Crippen molar-refractivity contribution < 1.29 is 9.90 Å². The van der Waals surface area contributed by atoms with Crippen molar-refractivity contribution in [1.82, 2.24) is 0 Å². The second-order valence-corrected chi connectivity index (χ2v) is 2.59. The molecule has 0 spiro atoms. The minimum absolute atomic E-state index is 0.000602. The van der Waals surface area contributed by atoms with Crippen LogP contribution >= 0.6 is 0 Å².